The molecule has 0 aliphatic carbocycles. The smallest absolute Gasteiger partial charge is 0.238 e. The van der Waals surface area contributed by atoms with E-state index < -0.39 is 5.92 Å². The first kappa shape index (κ1) is 19.5. The van der Waals surface area contributed by atoms with E-state index in [1.54, 1.807) is 4.68 Å². The van der Waals surface area contributed by atoms with Gasteiger partial charge in [0.2, 0.25) is 11.9 Å². The number of carbonyl (C=O) groups is 1. The second-order valence-electron chi connectivity index (χ2n) is 6.16. The minimum absolute atomic E-state index is 0. The zero-order valence-corrected chi connectivity index (χ0v) is 17.2. The predicted octanol–water partition coefficient (Wildman–Crippen LogP) is 2.26. The molecule has 142 valence electrons. The molecule has 0 saturated heterocycles. The van der Waals surface area contributed by atoms with Gasteiger partial charge in [-0.05, 0) is 30.8 Å². The molecule has 1 aromatic carbocycles. The lowest BCUT2D eigenvalue weighted by Gasteiger charge is -2.12. The van der Waals surface area contributed by atoms with Crippen LogP contribution in [0.3, 0.4) is 0 Å². The summed E-state index contributed by atoms with van der Waals surface area (Å²) in [4.78, 5) is 21.9. The van der Waals surface area contributed by atoms with Gasteiger partial charge in [-0.15, -0.1) is 12.4 Å². The van der Waals surface area contributed by atoms with Gasteiger partial charge in [-0.2, -0.15) is 10.1 Å². The fourth-order valence-electron chi connectivity index (χ4n) is 3.14. The maximum absolute atomic E-state index is 12.7. The number of aromatic nitrogens is 4. The Hall–Kier alpha value is -2.23. The molecule has 1 aliphatic heterocycles. The maximum atomic E-state index is 12.7. The van der Waals surface area contributed by atoms with E-state index in [1.165, 1.54) is 0 Å². The number of hydrogen-bond donors (Lipinski definition) is 3. The monoisotopic (exact) mass is 451 g/mol. The van der Waals surface area contributed by atoms with Crippen LogP contribution in [0.15, 0.2) is 28.9 Å². The predicted molar refractivity (Wildman–Crippen MR) is 111 cm³/mol. The number of nitrogens with zero attached hydrogens (tertiary/aromatic N) is 4. The molecular weight excluding hydrogens is 434 g/mol. The van der Waals surface area contributed by atoms with Crippen molar-refractivity contribution in [3.8, 4) is 0 Å². The summed E-state index contributed by atoms with van der Waals surface area (Å²) < 4.78 is 2.61. The number of halogens is 2. The first-order valence-electron chi connectivity index (χ1n) is 8.27. The van der Waals surface area contributed by atoms with Gasteiger partial charge in [0.15, 0.2) is 5.65 Å². The molecule has 1 atom stereocenters. The van der Waals surface area contributed by atoms with E-state index in [0.29, 0.717) is 23.8 Å². The van der Waals surface area contributed by atoms with Crippen LogP contribution in [0.5, 0.6) is 0 Å². The molecule has 8 nitrogen and oxygen atoms in total. The van der Waals surface area contributed by atoms with Crippen LogP contribution in [0.1, 0.15) is 17.2 Å². The van der Waals surface area contributed by atoms with Crippen LogP contribution in [0.25, 0.3) is 11.0 Å². The third-order valence-electron chi connectivity index (χ3n) is 4.30. The Morgan fingerprint density at radius 1 is 1.30 bits per heavy atom. The number of nitrogens with one attached hydrogen (secondary N) is 3. The molecule has 0 spiro atoms. The number of fused-ring (bicyclic) bond motifs is 2. The van der Waals surface area contributed by atoms with E-state index in [0.717, 1.165) is 27.7 Å². The first-order valence-corrected chi connectivity index (χ1v) is 9.06. The summed E-state index contributed by atoms with van der Waals surface area (Å²) in [6.45, 7) is 1.45. The fraction of sp³-hybridized carbons (Fsp3) is 0.294. The summed E-state index contributed by atoms with van der Waals surface area (Å²) in [5.74, 6) is -0.122. The first-order chi connectivity index (χ1) is 12.6. The average Bonchev–Trinajstić information content (AvgIpc) is 3.12. The standard InChI is InChI=1S/C17H18BrN7O.ClH/c1-19-5-6-20-17-22-14(11-8-25(2)24-15(11)23-17)13-10-7-9(18)3-4-12(10)21-16(13)26;/h3-4,7-8,13,19H,5-6H2,1-2H3,(H,21,26)(H,20,23,24);1H. The van der Waals surface area contributed by atoms with Gasteiger partial charge < -0.3 is 16.0 Å². The minimum atomic E-state index is -0.498. The van der Waals surface area contributed by atoms with Gasteiger partial charge >= 0.3 is 0 Å². The van der Waals surface area contributed by atoms with Crippen molar-refractivity contribution in [2.45, 2.75) is 5.92 Å². The van der Waals surface area contributed by atoms with Gasteiger partial charge in [-0.25, -0.2) is 4.98 Å². The Morgan fingerprint density at radius 3 is 2.89 bits per heavy atom. The van der Waals surface area contributed by atoms with Crippen LogP contribution < -0.4 is 16.0 Å². The topological polar surface area (TPSA) is 96.8 Å². The molecule has 1 aliphatic rings. The third-order valence-corrected chi connectivity index (χ3v) is 4.79. The number of benzene rings is 1. The van der Waals surface area contributed by atoms with Crippen molar-refractivity contribution in [3.05, 3.63) is 40.1 Å². The van der Waals surface area contributed by atoms with Crippen molar-refractivity contribution in [1.29, 1.82) is 0 Å². The summed E-state index contributed by atoms with van der Waals surface area (Å²) in [5.41, 5.74) is 2.93. The number of amides is 1. The summed E-state index contributed by atoms with van der Waals surface area (Å²) in [5, 5.41) is 14.4. The van der Waals surface area contributed by atoms with Crippen molar-refractivity contribution < 1.29 is 4.79 Å². The largest absolute Gasteiger partial charge is 0.353 e. The second-order valence-corrected chi connectivity index (χ2v) is 7.07. The Kier molecular flexibility index (Phi) is 5.64. The Labute approximate surface area is 170 Å². The summed E-state index contributed by atoms with van der Waals surface area (Å²) in [7, 11) is 3.71. The molecule has 3 heterocycles. The number of rotatable bonds is 5. The van der Waals surface area contributed by atoms with Crippen LogP contribution in [0.2, 0.25) is 0 Å². The van der Waals surface area contributed by atoms with Crippen LogP contribution in [0.4, 0.5) is 11.6 Å². The highest BCUT2D eigenvalue weighted by atomic mass is 79.9. The van der Waals surface area contributed by atoms with E-state index in [4.69, 9.17) is 0 Å². The highest BCUT2D eigenvalue weighted by Crippen LogP contribution is 2.40. The molecule has 3 N–H and O–H groups in total. The Balaban J connectivity index is 0.00000210. The lowest BCUT2D eigenvalue weighted by molar-refractivity contribution is -0.116. The summed E-state index contributed by atoms with van der Waals surface area (Å²) in [6.07, 6.45) is 1.85. The number of anilines is 2. The molecule has 0 fully saturated rings. The lowest BCUT2D eigenvalue weighted by Crippen LogP contribution is -2.20. The number of hydrogen-bond acceptors (Lipinski definition) is 6. The summed E-state index contributed by atoms with van der Waals surface area (Å²) >= 11 is 3.49. The van der Waals surface area contributed by atoms with Crippen LogP contribution in [-0.2, 0) is 11.8 Å². The van der Waals surface area contributed by atoms with Gasteiger partial charge in [0.05, 0.1) is 11.1 Å². The Bertz CT molecular complexity index is 1010. The van der Waals surface area contributed by atoms with E-state index in [1.807, 2.05) is 38.5 Å². The second kappa shape index (κ2) is 7.79. The summed E-state index contributed by atoms with van der Waals surface area (Å²) in [6, 6.07) is 5.76. The highest BCUT2D eigenvalue weighted by molar-refractivity contribution is 9.10. The lowest BCUT2D eigenvalue weighted by atomic mass is 9.95. The van der Waals surface area contributed by atoms with E-state index >= 15 is 0 Å². The fourth-order valence-corrected chi connectivity index (χ4v) is 3.52. The third kappa shape index (κ3) is 3.62. The SMILES string of the molecule is CNCCNc1nc(C2C(=O)Nc3ccc(Br)cc32)c2cn(C)nc2n1.Cl. The average molecular weight is 453 g/mol. The van der Waals surface area contributed by atoms with Gasteiger partial charge in [0, 0.05) is 36.5 Å². The quantitative estimate of drug-likeness (QED) is 0.514. The molecule has 27 heavy (non-hydrogen) atoms. The molecule has 3 aromatic rings. The number of aryl methyl sites for hydroxylation is 1. The highest BCUT2D eigenvalue weighted by Gasteiger charge is 2.35. The maximum Gasteiger partial charge on any atom is 0.238 e. The van der Waals surface area contributed by atoms with Gasteiger partial charge in [-0.3, -0.25) is 9.48 Å². The van der Waals surface area contributed by atoms with E-state index in [9.17, 15) is 4.79 Å². The van der Waals surface area contributed by atoms with Crippen molar-refractivity contribution in [2.24, 2.45) is 7.05 Å². The number of likely N-dealkylation sites (N-methyl/N-ethyl adjacent to an activating group) is 1. The van der Waals surface area contributed by atoms with Gasteiger partial charge in [0.1, 0.15) is 5.92 Å². The van der Waals surface area contributed by atoms with Crippen molar-refractivity contribution >= 4 is 56.9 Å². The molecular formula is C17H19BrClN7O. The van der Waals surface area contributed by atoms with Crippen molar-refractivity contribution in [2.75, 3.05) is 30.8 Å². The zero-order chi connectivity index (χ0) is 18.3. The van der Waals surface area contributed by atoms with Crippen LogP contribution in [-0.4, -0.2) is 45.8 Å². The van der Waals surface area contributed by atoms with E-state index in [-0.39, 0.29) is 18.3 Å². The number of carbonyl (C=O) groups excluding carboxylic acids is 1. The van der Waals surface area contributed by atoms with Crippen LogP contribution in [0, 0.1) is 0 Å². The normalized spacial score (nSPS) is 15.4. The molecule has 10 heteroatoms. The zero-order valence-electron chi connectivity index (χ0n) is 14.8. The van der Waals surface area contributed by atoms with Crippen LogP contribution >= 0.6 is 28.3 Å². The van der Waals surface area contributed by atoms with Gasteiger partial charge in [-0.1, -0.05) is 15.9 Å². The Morgan fingerprint density at radius 2 is 2.11 bits per heavy atom. The molecule has 0 radical (unpaired) electrons. The van der Waals surface area contributed by atoms with Crippen molar-refractivity contribution in [3.63, 3.8) is 0 Å². The van der Waals surface area contributed by atoms with E-state index in [2.05, 4.69) is 46.9 Å². The molecule has 1 unspecified atom stereocenters. The molecule has 0 bridgehead atoms. The molecule has 0 saturated carbocycles. The van der Waals surface area contributed by atoms with Crippen molar-refractivity contribution in [1.82, 2.24) is 25.1 Å². The molecule has 1 amide bonds. The minimum Gasteiger partial charge on any atom is -0.353 e. The van der Waals surface area contributed by atoms with Gasteiger partial charge in [0.25, 0.3) is 0 Å². The molecule has 4 rings (SSSR count). The molecule has 2 aromatic heterocycles.